The van der Waals surface area contributed by atoms with Crippen molar-refractivity contribution in [2.24, 2.45) is 13.0 Å². The summed E-state index contributed by atoms with van der Waals surface area (Å²) >= 11 is 0. The molecular weight excluding hydrogens is 356 g/mol. The minimum atomic E-state index is -0.281. The predicted molar refractivity (Wildman–Crippen MR) is 104 cm³/mol. The molecule has 0 saturated heterocycles. The summed E-state index contributed by atoms with van der Waals surface area (Å²) in [5.74, 6) is 1.58. The fraction of sp³-hybridized carbons (Fsp3) is 0.400. The summed E-state index contributed by atoms with van der Waals surface area (Å²) in [5, 5.41) is 7.48. The number of hydrogen-bond donors (Lipinski definition) is 1. The lowest BCUT2D eigenvalue weighted by Crippen LogP contribution is -2.37. The van der Waals surface area contributed by atoms with Crippen molar-refractivity contribution in [1.29, 1.82) is 0 Å². The first kappa shape index (κ1) is 18.2. The summed E-state index contributed by atoms with van der Waals surface area (Å²) in [4.78, 5) is 29.8. The zero-order chi connectivity index (χ0) is 19.7. The second-order valence-electron chi connectivity index (χ2n) is 7.15. The zero-order valence-electron chi connectivity index (χ0n) is 16.1. The van der Waals surface area contributed by atoms with Gasteiger partial charge in [0.05, 0.1) is 6.04 Å². The smallest absolute Gasteiger partial charge is 0.344 e. The Morgan fingerprint density at radius 3 is 2.64 bits per heavy atom. The summed E-state index contributed by atoms with van der Waals surface area (Å²) in [7, 11) is 1.92. The minimum Gasteiger partial charge on any atom is -0.344 e. The quantitative estimate of drug-likeness (QED) is 0.676. The van der Waals surface area contributed by atoms with Gasteiger partial charge in [0.25, 0.3) is 0 Å². The van der Waals surface area contributed by atoms with Crippen LogP contribution in [0.5, 0.6) is 0 Å². The lowest BCUT2D eigenvalue weighted by molar-refractivity contribution is -0.122. The number of hydrogen-bond acceptors (Lipinski definition) is 4. The average Bonchev–Trinajstić information content (AvgIpc) is 3.39. The lowest BCUT2D eigenvalue weighted by Gasteiger charge is -2.17. The first-order valence-corrected chi connectivity index (χ1v) is 9.58. The minimum absolute atomic E-state index is 0.112. The molecule has 0 bridgehead atoms. The topological polar surface area (TPSA) is 86.7 Å². The van der Waals surface area contributed by atoms with Crippen LogP contribution in [0.25, 0.3) is 11.4 Å². The highest BCUT2D eigenvalue weighted by Crippen LogP contribution is 2.40. The Bertz CT molecular complexity index is 1030. The number of benzene rings is 1. The van der Waals surface area contributed by atoms with E-state index in [0.717, 1.165) is 24.2 Å². The molecule has 1 N–H and O–H groups in total. The molecule has 4 rings (SSSR count). The molecule has 1 saturated carbocycles. The van der Waals surface area contributed by atoms with Crippen LogP contribution >= 0.6 is 0 Å². The molecule has 3 aromatic rings. The number of imidazole rings is 1. The Labute approximate surface area is 162 Å². The molecule has 0 unspecified atom stereocenters. The van der Waals surface area contributed by atoms with Crippen LogP contribution in [0.3, 0.4) is 0 Å². The number of rotatable bonds is 7. The molecule has 1 amide bonds. The summed E-state index contributed by atoms with van der Waals surface area (Å²) in [5.41, 5.74) is 0.570. The highest BCUT2D eigenvalue weighted by atomic mass is 16.2. The van der Waals surface area contributed by atoms with Crippen molar-refractivity contribution in [1.82, 2.24) is 29.2 Å². The van der Waals surface area contributed by atoms with Crippen LogP contribution in [0.15, 0.2) is 47.5 Å². The summed E-state index contributed by atoms with van der Waals surface area (Å²) in [6.45, 7) is 2.27. The fourth-order valence-corrected chi connectivity index (χ4v) is 3.48. The van der Waals surface area contributed by atoms with Crippen molar-refractivity contribution in [2.45, 2.75) is 38.9 Å². The molecule has 2 heterocycles. The Hall–Kier alpha value is -3.16. The van der Waals surface area contributed by atoms with E-state index in [1.165, 1.54) is 4.68 Å². The maximum atomic E-state index is 12.7. The first-order valence-electron chi connectivity index (χ1n) is 9.58. The van der Waals surface area contributed by atoms with Crippen molar-refractivity contribution < 1.29 is 4.79 Å². The summed E-state index contributed by atoms with van der Waals surface area (Å²) in [6, 6.07) is 9.39. The molecule has 1 aromatic carbocycles. The maximum Gasteiger partial charge on any atom is 0.346 e. The van der Waals surface area contributed by atoms with E-state index in [4.69, 9.17) is 0 Å². The van der Waals surface area contributed by atoms with E-state index in [-0.39, 0.29) is 24.2 Å². The monoisotopic (exact) mass is 380 g/mol. The number of carbonyl (C=O) groups is 1. The van der Waals surface area contributed by atoms with Crippen molar-refractivity contribution in [3.05, 3.63) is 59.0 Å². The summed E-state index contributed by atoms with van der Waals surface area (Å²) in [6.07, 6.45) is 5.74. The van der Waals surface area contributed by atoms with Crippen molar-refractivity contribution >= 4 is 5.91 Å². The Balaban J connectivity index is 1.55. The van der Waals surface area contributed by atoms with E-state index >= 15 is 0 Å². The molecule has 1 atom stereocenters. The van der Waals surface area contributed by atoms with Gasteiger partial charge in [-0.05, 0) is 25.7 Å². The van der Waals surface area contributed by atoms with Gasteiger partial charge >= 0.3 is 5.69 Å². The van der Waals surface area contributed by atoms with Gasteiger partial charge in [0.15, 0.2) is 5.82 Å². The maximum absolute atomic E-state index is 12.7. The molecule has 1 aliphatic rings. The third-order valence-corrected chi connectivity index (χ3v) is 5.11. The highest BCUT2D eigenvalue weighted by molar-refractivity contribution is 5.76. The van der Waals surface area contributed by atoms with E-state index in [2.05, 4.69) is 15.4 Å². The number of aryl methyl sites for hydroxylation is 1. The fourth-order valence-electron chi connectivity index (χ4n) is 3.48. The second-order valence-corrected chi connectivity index (χ2v) is 7.15. The van der Waals surface area contributed by atoms with E-state index in [1.54, 1.807) is 10.8 Å². The number of aromatic nitrogens is 5. The van der Waals surface area contributed by atoms with Gasteiger partial charge in [-0.2, -0.15) is 0 Å². The number of nitrogens with zero attached hydrogens (tertiary/aromatic N) is 5. The van der Waals surface area contributed by atoms with Crippen molar-refractivity contribution in [3.8, 4) is 11.4 Å². The molecule has 2 aromatic heterocycles. The Morgan fingerprint density at radius 2 is 2.04 bits per heavy atom. The first-order chi connectivity index (χ1) is 13.6. The standard InChI is InChI=1S/C20H24N6O2/c1-3-25-18(15-7-5-4-6-8-15)23-26(20(25)28)13-16(27)22-17(14-9-10-14)19-21-11-12-24(19)2/h4-8,11-12,14,17H,3,9-10,13H2,1-2H3,(H,22,27)/t17-/m0/s1. The highest BCUT2D eigenvalue weighted by Gasteiger charge is 2.35. The van der Waals surface area contributed by atoms with Crippen molar-refractivity contribution in [2.75, 3.05) is 0 Å². The van der Waals surface area contributed by atoms with Crippen LogP contribution in [0.1, 0.15) is 31.6 Å². The van der Waals surface area contributed by atoms with Gasteiger partial charge in [-0.3, -0.25) is 9.36 Å². The van der Waals surface area contributed by atoms with Crippen LogP contribution in [-0.4, -0.2) is 29.8 Å². The van der Waals surface area contributed by atoms with E-state index < -0.39 is 0 Å². The van der Waals surface area contributed by atoms with Gasteiger partial charge in [0, 0.05) is 31.5 Å². The van der Waals surface area contributed by atoms with E-state index in [0.29, 0.717) is 18.3 Å². The van der Waals surface area contributed by atoms with Crippen LogP contribution in [0.2, 0.25) is 0 Å². The van der Waals surface area contributed by atoms with Crippen molar-refractivity contribution in [3.63, 3.8) is 0 Å². The van der Waals surface area contributed by atoms with Gasteiger partial charge in [-0.25, -0.2) is 14.5 Å². The van der Waals surface area contributed by atoms with Gasteiger partial charge in [-0.1, -0.05) is 30.3 Å². The van der Waals surface area contributed by atoms with Gasteiger partial charge in [0.1, 0.15) is 12.4 Å². The van der Waals surface area contributed by atoms with Crippen LogP contribution < -0.4 is 11.0 Å². The Morgan fingerprint density at radius 1 is 1.29 bits per heavy atom. The molecule has 146 valence electrons. The lowest BCUT2D eigenvalue weighted by atomic mass is 10.1. The third-order valence-electron chi connectivity index (χ3n) is 5.11. The van der Waals surface area contributed by atoms with Gasteiger partial charge < -0.3 is 9.88 Å². The van der Waals surface area contributed by atoms with Gasteiger partial charge in [0.2, 0.25) is 5.91 Å². The third kappa shape index (κ3) is 3.49. The molecular formula is C20H24N6O2. The van der Waals surface area contributed by atoms with Crippen LogP contribution in [-0.2, 0) is 24.9 Å². The molecule has 8 nitrogen and oxygen atoms in total. The van der Waals surface area contributed by atoms with E-state index in [9.17, 15) is 9.59 Å². The second kappa shape index (κ2) is 7.46. The van der Waals surface area contributed by atoms with Crippen LogP contribution in [0, 0.1) is 5.92 Å². The zero-order valence-corrected chi connectivity index (χ0v) is 16.1. The molecule has 1 aliphatic carbocycles. The SMILES string of the molecule is CCn1c(-c2ccccc2)nn(CC(=O)N[C@H](c2nccn2C)C2CC2)c1=O. The summed E-state index contributed by atoms with van der Waals surface area (Å²) < 4.78 is 4.75. The largest absolute Gasteiger partial charge is 0.346 e. The molecule has 0 aliphatic heterocycles. The number of carbonyl (C=O) groups excluding carboxylic acids is 1. The average molecular weight is 380 g/mol. The molecule has 0 radical (unpaired) electrons. The molecule has 0 spiro atoms. The molecule has 8 heteroatoms. The number of nitrogens with one attached hydrogen (secondary N) is 1. The molecule has 1 fully saturated rings. The normalized spacial score (nSPS) is 14.8. The van der Waals surface area contributed by atoms with Crippen LogP contribution in [0.4, 0.5) is 0 Å². The predicted octanol–water partition coefficient (Wildman–Crippen LogP) is 1.73. The number of amides is 1. The molecule has 28 heavy (non-hydrogen) atoms. The Kier molecular flexibility index (Phi) is 4.85. The van der Waals surface area contributed by atoms with E-state index in [1.807, 2.05) is 55.1 Å². The van der Waals surface area contributed by atoms with Gasteiger partial charge in [-0.15, -0.1) is 5.10 Å².